The van der Waals surface area contributed by atoms with E-state index in [0.29, 0.717) is 25.3 Å². The first-order chi connectivity index (χ1) is 20.9. The minimum Gasteiger partial charge on any atom is -0.494 e. The average molecular weight is 579 g/mol. The molecule has 0 heterocycles. The quantitative estimate of drug-likeness (QED) is 0.181. The van der Waals surface area contributed by atoms with E-state index in [1.165, 1.54) is 0 Å². The summed E-state index contributed by atoms with van der Waals surface area (Å²) in [5, 5.41) is 8.75. The van der Waals surface area contributed by atoms with Crippen LogP contribution in [0.5, 0.6) is 5.75 Å². The van der Waals surface area contributed by atoms with Crippen molar-refractivity contribution in [2.24, 2.45) is 5.73 Å². The number of hydrogen-bond donors (Lipinski definition) is 4. The van der Waals surface area contributed by atoms with Crippen LogP contribution in [0.2, 0.25) is 0 Å². The minimum atomic E-state index is -0.930. The van der Waals surface area contributed by atoms with Gasteiger partial charge in [-0.3, -0.25) is 14.4 Å². The van der Waals surface area contributed by atoms with Crippen molar-refractivity contribution in [3.8, 4) is 5.75 Å². The highest BCUT2D eigenvalue weighted by atomic mass is 16.5. The predicted molar refractivity (Wildman–Crippen MR) is 167 cm³/mol. The minimum absolute atomic E-state index is 0.226. The van der Waals surface area contributed by atoms with E-state index in [9.17, 15) is 14.4 Å². The van der Waals surface area contributed by atoms with Gasteiger partial charge in [-0.25, -0.2) is 0 Å². The maximum Gasteiger partial charge on any atom is 0.251 e. The monoisotopic (exact) mass is 578 g/mol. The van der Waals surface area contributed by atoms with Crippen molar-refractivity contribution in [2.75, 3.05) is 6.61 Å². The van der Waals surface area contributed by atoms with E-state index in [1.54, 1.807) is 24.3 Å². The van der Waals surface area contributed by atoms with Gasteiger partial charge in [0.15, 0.2) is 0 Å². The second kappa shape index (κ2) is 15.9. The Morgan fingerprint density at radius 2 is 1.19 bits per heavy atom. The molecule has 0 bridgehead atoms. The normalized spacial score (nSPS) is 12.0. The van der Waals surface area contributed by atoms with Crippen LogP contribution in [-0.4, -0.2) is 36.4 Å². The van der Waals surface area contributed by atoms with Gasteiger partial charge in [0.2, 0.25) is 11.8 Å². The molecule has 3 amide bonds. The Kier molecular flexibility index (Phi) is 11.5. The van der Waals surface area contributed by atoms with Gasteiger partial charge in [-0.15, -0.1) is 0 Å². The van der Waals surface area contributed by atoms with Crippen LogP contribution in [0.15, 0.2) is 109 Å². The first kappa shape index (κ1) is 31.0. The topological polar surface area (TPSA) is 123 Å². The largest absolute Gasteiger partial charge is 0.494 e. The Hall–Kier alpha value is -4.95. The number of carbonyl (C=O) groups is 3. The number of rotatable bonds is 14. The van der Waals surface area contributed by atoms with Crippen LogP contribution in [-0.2, 0) is 35.5 Å². The lowest BCUT2D eigenvalue weighted by molar-refractivity contribution is -0.130. The highest BCUT2D eigenvalue weighted by Crippen LogP contribution is 2.15. The summed E-state index contributed by atoms with van der Waals surface area (Å²) in [4.78, 5) is 40.4. The smallest absolute Gasteiger partial charge is 0.251 e. The number of carbonyl (C=O) groups excluding carboxylic acids is 3. The molecule has 0 spiro atoms. The standard InChI is InChI=1S/C35H38N4O4/c1-2-43-30-19-17-26(18-20-30)22-32(38-33(40)29-11-7-4-8-12-29)35(42)39-31(21-25-9-5-3-6-10-25)34(41)37-24-28-15-13-27(23-36)14-16-28/h3-20,31-32H,2,21-24,36H2,1H3,(H,37,41)(H,38,40)(H,39,42)/t31-,32?/m0/s1. The zero-order valence-corrected chi connectivity index (χ0v) is 24.3. The van der Waals surface area contributed by atoms with E-state index in [4.69, 9.17) is 10.5 Å². The lowest BCUT2D eigenvalue weighted by Gasteiger charge is -2.24. The Labute approximate surface area is 252 Å². The summed E-state index contributed by atoms with van der Waals surface area (Å²) in [6.07, 6.45) is 0.511. The number of nitrogens with one attached hydrogen (secondary N) is 3. The van der Waals surface area contributed by atoms with Crippen LogP contribution >= 0.6 is 0 Å². The summed E-state index contributed by atoms with van der Waals surface area (Å²) >= 11 is 0. The van der Waals surface area contributed by atoms with Crippen LogP contribution in [0.1, 0.15) is 39.5 Å². The molecule has 4 aromatic rings. The highest BCUT2D eigenvalue weighted by molar-refractivity contribution is 5.98. The van der Waals surface area contributed by atoms with Gasteiger partial charge in [0.1, 0.15) is 17.8 Å². The summed E-state index contributed by atoms with van der Waals surface area (Å²) in [6.45, 7) is 3.19. The summed E-state index contributed by atoms with van der Waals surface area (Å²) in [7, 11) is 0. The summed E-state index contributed by atoms with van der Waals surface area (Å²) < 4.78 is 5.54. The second-order valence-corrected chi connectivity index (χ2v) is 10.2. The second-order valence-electron chi connectivity index (χ2n) is 10.2. The molecule has 0 aromatic heterocycles. The molecule has 0 saturated heterocycles. The number of ether oxygens (including phenoxy) is 1. The Bertz CT molecular complexity index is 1460. The van der Waals surface area contributed by atoms with Crippen molar-refractivity contribution in [3.05, 3.63) is 137 Å². The van der Waals surface area contributed by atoms with Gasteiger partial charge in [-0.2, -0.15) is 0 Å². The Morgan fingerprint density at radius 1 is 0.651 bits per heavy atom. The molecule has 8 nitrogen and oxygen atoms in total. The third-order valence-electron chi connectivity index (χ3n) is 6.97. The molecular weight excluding hydrogens is 540 g/mol. The van der Waals surface area contributed by atoms with Crippen molar-refractivity contribution in [2.45, 2.75) is 44.9 Å². The Morgan fingerprint density at radius 3 is 1.79 bits per heavy atom. The van der Waals surface area contributed by atoms with Crippen molar-refractivity contribution >= 4 is 17.7 Å². The predicted octanol–water partition coefficient (Wildman–Crippen LogP) is 3.93. The number of benzene rings is 4. The lowest BCUT2D eigenvalue weighted by Crippen LogP contribution is -2.55. The van der Waals surface area contributed by atoms with Gasteiger partial charge >= 0.3 is 0 Å². The molecule has 1 unspecified atom stereocenters. The maximum absolute atomic E-state index is 13.8. The molecule has 4 aromatic carbocycles. The zero-order chi connectivity index (χ0) is 30.4. The molecule has 0 aliphatic carbocycles. The van der Waals surface area contributed by atoms with Crippen molar-refractivity contribution in [1.29, 1.82) is 0 Å². The van der Waals surface area contributed by atoms with E-state index in [1.807, 2.05) is 91.9 Å². The fraction of sp³-hybridized carbons (Fsp3) is 0.229. The van der Waals surface area contributed by atoms with Crippen molar-refractivity contribution in [1.82, 2.24) is 16.0 Å². The third-order valence-corrected chi connectivity index (χ3v) is 6.97. The lowest BCUT2D eigenvalue weighted by atomic mass is 10.0. The summed E-state index contributed by atoms with van der Waals surface area (Å²) in [5.74, 6) is -0.439. The van der Waals surface area contributed by atoms with Crippen LogP contribution < -0.4 is 26.4 Å². The fourth-order valence-corrected chi connectivity index (χ4v) is 4.60. The van der Waals surface area contributed by atoms with Crippen molar-refractivity contribution in [3.63, 3.8) is 0 Å². The third kappa shape index (κ3) is 9.55. The van der Waals surface area contributed by atoms with Gasteiger partial charge in [0, 0.05) is 31.5 Å². The van der Waals surface area contributed by atoms with Crippen LogP contribution in [0, 0.1) is 0 Å². The molecule has 5 N–H and O–H groups in total. The molecule has 0 aliphatic rings. The molecule has 0 aliphatic heterocycles. The molecule has 0 radical (unpaired) electrons. The average Bonchev–Trinajstić information content (AvgIpc) is 3.05. The van der Waals surface area contributed by atoms with E-state index < -0.39 is 18.0 Å². The highest BCUT2D eigenvalue weighted by Gasteiger charge is 2.27. The fourth-order valence-electron chi connectivity index (χ4n) is 4.60. The molecule has 0 fully saturated rings. The molecule has 8 heteroatoms. The molecule has 222 valence electrons. The number of amides is 3. The van der Waals surface area contributed by atoms with E-state index in [0.717, 1.165) is 28.0 Å². The SMILES string of the molecule is CCOc1ccc(CC(NC(=O)c2ccccc2)C(=O)N[C@@H](Cc2ccccc2)C(=O)NCc2ccc(CN)cc2)cc1. The number of hydrogen-bond acceptors (Lipinski definition) is 5. The van der Waals surface area contributed by atoms with Crippen molar-refractivity contribution < 1.29 is 19.1 Å². The molecular formula is C35H38N4O4. The van der Waals surface area contributed by atoms with Crippen LogP contribution in [0.25, 0.3) is 0 Å². The van der Waals surface area contributed by atoms with Gasteiger partial charge in [0.25, 0.3) is 5.91 Å². The first-order valence-electron chi connectivity index (χ1n) is 14.4. The molecule has 2 atom stereocenters. The van der Waals surface area contributed by atoms with Crippen LogP contribution in [0.3, 0.4) is 0 Å². The summed E-state index contributed by atoms with van der Waals surface area (Å²) in [5.41, 5.74) is 9.78. The summed E-state index contributed by atoms with van der Waals surface area (Å²) in [6, 6.07) is 31.5. The molecule has 0 saturated carbocycles. The van der Waals surface area contributed by atoms with Gasteiger partial charge < -0.3 is 26.4 Å². The van der Waals surface area contributed by atoms with Crippen LogP contribution in [0.4, 0.5) is 0 Å². The Balaban J connectivity index is 1.53. The molecule has 43 heavy (non-hydrogen) atoms. The number of nitrogens with two attached hydrogens (primary N) is 1. The maximum atomic E-state index is 13.8. The van der Waals surface area contributed by atoms with E-state index in [2.05, 4.69) is 16.0 Å². The van der Waals surface area contributed by atoms with E-state index in [-0.39, 0.29) is 24.7 Å². The van der Waals surface area contributed by atoms with Gasteiger partial charge in [-0.05, 0) is 53.4 Å². The van der Waals surface area contributed by atoms with E-state index >= 15 is 0 Å². The zero-order valence-electron chi connectivity index (χ0n) is 24.3. The molecule has 4 rings (SSSR count). The first-order valence-corrected chi connectivity index (χ1v) is 14.4. The van der Waals surface area contributed by atoms with Gasteiger partial charge in [0.05, 0.1) is 6.61 Å². The van der Waals surface area contributed by atoms with Gasteiger partial charge in [-0.1, -0.05) is 84.9 Å².